The number of nitro groups is 1. The number of imidazole rings is 2. The second-order valence-corrected chi connectivity index (χ2v) is 18.7. The molecule has 15 nitrogen and oxygen atoms in total. The molecule has 0 saturated heterocycles. The molecule has 18 heteroatoms. The summed E-state index contributed by atoms with van der Waals surface area (Å²) in [4.78, 5) is 25.9. The fourth-order valence-electron chi connectivity index (χ4n) is 2.54. The van der Waals surface area contributed by atoms with E-state index in [1.165, 1.54) is 43.6 Å². The lowest BCUT2D eigenvalue weighted by molar-refractivity contribution is -0.398. The maximum absolute atomic E-state index is 11.5. The number of nitrogens with one attached hydrogen (secondary N) is 1. The van der Waals surface area contributed by atoms with Gasteiger partial charge < -0.3 is 28.6 Å². The summed E-state index contributed by atoms with van der Waals surface area (Å²) in [5, 5.41) is 19.6. The van der Waals surface area contributed by atoms with Gasteiger partial charge in [-0.05, 0) is 32.6 Å². The highest BCUT2D eigenvalue weighted by atomic mass is 31.2. The van der Waals surface area contributed by atoms with Gasteiger partial charge in [0.2, 0.25) is 5.95 Å². The summed E-state index contributed by atoms with van der Waals surface area (Å²) in [7, 11) is -7.75. The van der Waals surface area contributed by atoms with Crippen LogP contribution in [0.25, 0.3) is 0 Å². The molecule has 0 aromatic carbocycles. The number of rotatable bonds is 10. The summed E-state index contributed by atoms with van der Waals surface area (Å²) in [6.45, 7) is 16.5. The maximum atomic E-state index is 11.5. The summed E-state index contributed by atoms with van der Waals surface area (Å²) in [6, 6.07) is 0. The van der Waals surface area contributed by atoms with E-state index in [1.807, 2.05) is 19.3 Å². The molecule has 0 aliphatic heterocycles. The molecule has 0 radical (unpaired) electrons. The Balaban J connectivity index is 0.000000613. The van der Waals surface area contributed by atoms with Gasteiger partial charge >= 0.3 is 5.95 Å². The second-order valence-electron chi connectivity index (χ2n) is 10.6. The van der Waals surface area contributed by atoms with Crippen LogP contribution in [0.3, 0.4) is 0 Å². The van der Waals surface area contributed by atoms with Crippen LogP contribution >= 0.6 is 22.1 Å². The average molecular weight is 603 g/mol. The molecule has 0 fully saturated rings. The number of hydrogen-bond donors (Lipinski definition) is 3. The van der Waals surface area contributed by atoms with Gasteiger partial charge in [-0.3, -0.25) is 18.9 Å². The third-order valence-electron chi connectivity index (χ3n) is 4.29. The zero-order valence-corrected chi connectivity index (χ0v) is 26.2. The fourth-order valence-corrected chi connectivity index (χ4v) is 3.80. The van der Waals surface area contributed by atoms with E-state index in [0.29, 0.717) is 5.95 Å². The molecular weight excluding hydrogens is 561 g/mol. The summed E-state index contributed by atoms with van der Waals surface area (Å²) >= 11 is 0. The molecule has 2 rings (SSSR count). The van der Waals surface area contributed by atoms with Gasteiger partial charge in [0.15, 0.2) is 22.1 Å². The summed E-state index contributed by atoms with van der Waals surface area (Å²) in [5.74, 6) is 0.0799. The second kappa shape index (κ2) is 14.0. The lowest BCUT2D eigenvalue weighted by atomic mass is 10.1. The van der Waals surface area contributed by atoms with Crippen molar-refractivity contribution in [2.24, 2.45) is 0 Å². The molecule has 0 aliphatic rings. The fraction of sp³-hybridized carbons (Fsp3) is 0.700. The van der Waals surface area contributed by atoms with Crippen LogP contribution in [0.4, 0.5) is 11.9 Å². The van der Waals surface area contributed by atoms with Crippen LogP contribution in [-0.2, 0) is 33.8 Å². The van der Waals surface area contributed by atoms with Crippen molar-refractivity contribution < 1.29 is 37.8 Å². The van der Waals surface area contributed by atoms with Gasteiger partial charge in [-0.1, -0.05) is 4.98 Å². The van der Waals surface area contributed by atoms with E-state index in [4.69, 9.17) is 19.1 Å². The average Bonchev–Trinajstić information content (AvgIpc) is 3.39. The minimum absolute atomic E-state index is 0.120. The Bertz CT molecular complexity index is 1170. The van der Waals surface area contributed by atoms with E-state index >= 15 is 0 Å². The summed E-state index contributed by atoms with van der Waals surface area (Å²) in [6.07, 6.45) is 6.16. The van der Waals surface area contributed by atoms with E-state index in [1.54, 1.807) is 44.1 Å². The van der Waals surface area contributed by atoms with Gasteiger partial charge in [0, 0.05) is 52.4 Å². The van der Waals surface area contributed by atoms with Crippen molar-refractivity contribution in [3.05, 3.63) is 34.9 Å². The van der Waals surface area contributed by atoms with Crippen LogP contribution in [0, 0.1) is 10.1 Å². The van der Waals surface area contributed by atoms with Crippen LogP contribution < -0.4 is 5.48 Å². The van der Waals surface area contributed by atoms with Crippen molar-refractivity contribution in [2.45, 2.75) is 38.8 Å². The maximum Gasteiger partial charge on any atom is 0.435 e. The third-order valence-corrected chi connectivity index (χ3v) is 5.79. The van der Waals surface area contributed by atoms with E-state index in [9.17, 15) is 23.8 Å². The van der Waals surface area contributed by atoms with Crippen molar-refractivity contribution in [3.63, 3.8) is 0 Å². The predicted molar refractivity (Wildman–Crippen MR) is 148 cm³/mol. The van der Waals surface area contributed by atoms with Gasteiger partial charge in [0.05, 0.1) is 18.8 Å². The van der Waals surface area contributed by atoms with Crippen molar-refractivity contribution in [1.29, 1.82) is 0 Å². The first-order chi connectivity index (χ1) is 16.9. The lowest BCUT2D eigenvalue weighted by Gasteiger charge is -2.28. The quantitative estimate of drug-likeness (QED) is 0.195. The third kappa shape index (κ3) is 14.9. The summed E-state index contributed by atoms with van der Waals surface area (Å²) < 4.78 is 46.4. The van der Waals surface area contributed by atoms with Crippen molar-refractivity contribution in [3.8, 4) is 0 Å². The van der Waals surface area contributed by atoms with E-state index in [-0.39, 0.29) is 19.2 Å². The highest BCUT2D eigenvalue weighted by Gasteiger charge is 2.32. The Labute approximate surface area is 223 Å². The van der Waals surface area contributed by atoms with Gasteiger partial charge in [-0.15, -0.1) is 0 Å². The molecule has 0 spiro atoms. The molecule has 0 unspecified atom stereocenters. The predicted octanol–water partition coefficient (Wildman–Crippen LogP) is 4.57. The van der Waals surface area contributed by atoms with Crippen LogP contribution in [-0.4, -0.2) is 87.3 Å². The van der Waals surface area contributed by atoms with Crippen molar-refractivity contribution in [2.75, 3.05) is 58.7 Å². The Kier molecular flexibility index (Phi) is 13.3. The lowest BCUT2D eigenvalue weighted by Crippen LogP contribution is -2.32. The van der Waals surface area contributed by atoms with E-state index < -0.39 is 38.1 Å². The minimum atomic E-state index is -2.64. The normalized spacial score (nSPS) is 12.6. The molecule has 38 heavy (non-hydrogen) atoms. The first kappa shape index (κ1) is 36.1. The molecule has 0 saturated carbocycles. The Morgan fingerprint density at radius 1 is 0.895 bits per heavy atom. The van der Waals surface area contributed by atoms with Crippen LogP contribution in [0.5, 0.6) is 0 Å². The topological polar surface area (TPSA) is 201 Å². The highest BCUT2D eigenvalue weighted by molar-refractivity contribution is 7.57. The highest BCUT2D eigenvalue weighted by Crippen LogP contribution is 2.40. The Hall–Kier alpha value is -1.85. The van der Waals surface area contributed by atoms with Crippen LogP contribution in [0.2, 0.25) is 0 Å². The van der Waals surface area contributed by atoms with Gasteiger partial charge in [-0.25, -0.2) is 15.0 Å². The molecule has 0 atom stereocenters. The Morgan fingerprint density at radius 2 is 1.26 bits per heavy atom. The van der Waals surface area contributed by atoms with Crippen LogP contribution in [0.1, 0.15) is 27.7 Å². The van der Waals surface area contributed by atoms with Crippen molar-refractivity contribution >= 4 is 34.0 Å². The SMILES string of the molecule is CC(C)(COP(C)(C)=O)n1ccnc1NO.CC(C)(COP(C)(C)=O)n1ccnc1[N+](=O)[O-].CP(C)(=O)O. The number of aromatic nitrogens is 4. The zero-order chi connectivity index (χ0) is 30.2. The monoisotopic (exact) mass is 602 g/mol. The molecule has 220 valence electrons. The van der Waals surface area contributed by atoms with Gasteiger partial charge in [0.1, 0.15) is 17.9 Å². The molecule has 0 amide bonds. The first-order valence-electron chi connectivity index (χ1n) is 11.2. The van der Waals surface area contributed by atoms with Gasteiger partial charge in [0.25, 0.3) is 0 Å². The molecule has 2 aromatic rings. The smallest absolute Gasteiger partial charge is 0.390 e. The van der Waals surface area contributed by atoms with E-state index in [0.717, 1.165) is 0 Å². The van der Waals surface area contributed by atoms with Crippen LogP contribution in [0.15, 0.2) is 24.8 Å². The molecule has 2 aromatic heterocycles. The molecular formula is C20H41N6O9P3. The number of hydrogen-bond acceptors (Lipinski definition) is 11. The zero-order valence-electron chi connectivity index (χ0n) is 23.6. The van der Waals surface area contributed by atoms with Crippen molar-refractivity contribution in [1.82, 2.24) is 19.1 Å². The molecule has 0 bridgehead atoms. The molecule has 0 aliphatic carbocycles. The van der Waals surface area contributed by atoms with Gasteiger partial charge in [-0.2, -0.15) is 0 Å². The van der Waals surface area contributed by atoms with E-state index in [2.05, 4.69) is 9.97 Å². The largest absolute Gasteiger partial charge is 0.435 e. The number of anilines is 1. The summed E-state index contributed by atoms with van der Waals surface area (Å²) in [5.41, 5.74) is 0.885. The number of nitrogens with zero attached hydrogens (tertiary/aromatic N) is 5. The molecule has 3 N–H and O–H groups in total. The first-order valence-corrected chi connectivity index (χ1v) is 18.8. The Morgan fingerprint density at radius 3 is 1.63 bits per heavy atom. The minimum Gasteiger partial charge on any atom is -0.390 e. The molecule has 2 heterocycles. The standard InChI is InChI=1S/C9H16N3O4P.C9H18N3O3P.C2H7O2P/c1-9(2,7-16-17(3,4)15)11-6-5-10-8(11)12(13)14;1-9(2,7-15-16(3,4)14)12-6-5-10-8(12)11-13;1-5(2,3)4/h5-6H,7H2,1-4H3;5-6,13H,7H2,1-4H3,(H,10,11);1-2H3,(H,3,4).